The van der Waals surface area contributed by atoms with Gasteiger partial charge in [-0.05, 0) is 42.8 Å². The number of benzene rings is 2. The highest BCUT2D eigenvalue weighted by atomic mass is 32.2. The van der Waals surface area contributed by atoms with Crippen molar-refractivity contribution >= 4 is 16.3 Å². The Morgan fingerprint density at radius 3 is 2.30 bits per heavy atom. The largest absolute Gasteiger partial charge is 0.490 e. The number of aldehydes is 1. The van der Waals surface area contributed by atoms with E-state index in [2.05, 4.69) is 0 Å². The van der Waals surface area contributed by atoms with Gasteiger partial charge in [0.2, 0.25) is 10.0 Å². The lowest BCUT2D eigenvalue weighted by molar-refractivity contribution is 0.112. The molecule has 2 N–H and O–H groups in total. The van der Waals surface area contributed by atoms with E-state index in [1.807, 2.05) is 6.92 Å². The first-order valence-electron chi connectivity index (χ1n) is 6.90. The number of rotatable bonds is 7. The third-order valence-electron chi connectivity index (χ3n) is 3.05. The van der Waals surface area contributed by atoms with Crippen LogP contribution in [-0.2, 0) is 16.6 Å². The fraction of sp³-hybridized carbons (Fsp3) is 0.188. The lowest BCUT2D eigenvalue weighted by Crippen LogP contribution is -2.12. The summed E-state index contributed by atoms with van der Waals surface area (Å²) in [6.07, 6.45) is 0.734. The van der Waals surface area contributed by atoms with Crippen LogP contribution < -0.4 is 14.6 Å². The zero-order valence-corrected chi connectivity index (χ0v) is 13.4. The first-order valence-corrected chi connectivity index (χ1v) is 8.45. The molecule has 0 aliphatic heterocycles. The van der Waals surface area contributed by atoms with Gasteiger partial charge in [-0.3, -0.25) is 4.79 Å². The van der Waals surface area contributed by atoms with Crippen LogP contribution in [0.3, 0.4) is 0 Å². The van der Waals surface area contributed by atoms with Gasteiger partial charge in [-0.2, -0.15) is 0 Å². The third kappa shape index (κ3) is 4.54. The van der Waals surface area contributed by atoms with Crippen LogP contribution >= 0.6 is 0 Å². The van der Waals surface area contributed by atoms with Gasteiger partial charge in [0.15, 0.2) is 11.5 Å². The number of nitrogens with two attached hydrogens (primary N) is 1. The van der Waals surface area contributed by atoms with Crippen molar-refractivity contribution in [3.05, 3.63) is 53.6 Å². The van der Waals surface area contributed by atoms with Crippen LogP contribution in [0.15, 0.2) is 47.4 Å². The van der Waals surface area contributed by atoms with E-state index in [-0.39, 0.29) is 11.5 Å². The molecule has 7 heteroatoms. The fourth-order valence-electron chi connectivity index (χ4n) is 1.92. The standard InChI is InChI=1S/C16H17NO5S/c1-2-21-16-9-13(10-18)5-8-15(16)22-11-12-3-6-14(7-4-12)23(17,19)20/h3-10H,2,11H2,1H3,(H2,17,19,20). The van der Waals surface area contributed by atoms with E-state index in [0.29, 0.717) is 23.7 Å². The Labute approximate surface area is 134 Å². The van der Waals surface area contributed by atoms with Crippen LogP contribution in [-0.4, -0.2) is 21.3 Å². The molecule has 0 heterocycles. The van der Waals surface area contributed by atoms with Crippen LogP contribution in [0.1, 0.15) is 22.8 Å². The maximum atomic E-state index is 11.2. The van der Waals surface area contributed by atoms with E-state index in [9.17, 15) is 13.2 Å². The van der Waals surface area contributed by atoms with E-state index >= 15 is 0 Å². The van der Waals surface area contributed by atoms with E-state index in [0.717, 1.165) is 11.8 Å². The number of carbonyl (C=O) groups is 1. The Kier molecular flexibility index (Phi) is 5.36. The lowest BCUT2D eigenvalue weighted by atomic mass is 10.2. The summed E-state index contributed by atoms with van der Waals surface area (Å²) < 4.78 is 33.5. The summed E-state index contributed by atoms with van der Waals surface area (Å²) in [5, 5.41) is 5.05. The van der Waals surface area contributed by atoms with Crippen molar-refractivity contribution in [1.29, 1.82) is 0 Å². The maximum absolute atomic E-state index is 11.2. The molecule has 0 fully saturated rings. The summed E-state index contributed by atoms with van der Waals surface area (Å²) in [5.74, 6) is 0.992. The predicted octanol–water partition coefficient (Wildman–Crippen LogP) is 2.12. The number of hydrogen-bond donors (Lipinski definition) is 1. The Hall–Kier alpha value is -2.38. The molecular weight excluding hydrogens is 318 g/mol. The maximum Gasteiger partial charge on any atom is 0.238 e. The first kappa shape index (κ1) is 17.0. The van der Waals surface area contributed by atoms with Gasteiger partial charge >= 0.3 is 0 Å². The third-order valence-corrected chi connectivity index (χ3v) is 3.98. The van der Waals surface area contributed by atoms with Crippen molar-refractivity contribution in [3.8, 4) is 11.5 Å². The molecule has 0 amide bonds. The molecule has 0 spiro atoms. The summed E-state index contributed by atoms with van der Waals surface area (Å²) in [6, 6.07) is 11.0. The molecule has 0 aliphatic rings. The molecule has 6 nitrogen and oxygen atoms in total. The van der Waals surface area contributed by atoms with E-state index in [1.54, 1.807) is 30.3 Å². The molecule has 0 saturated carbocycles. The molecular formula is C16H17NO5S. The van der Waals surface area contributed by atoms with Gasteiger partial charge in [-0.1, -0.05) is 12.1 Å². The van der Waals surface area contributed by atoms with Crippen molar-refractivity contribution < 1.29 is 22.7 Å². The van der Waals surface area contributed by atoms with E-state index in [4.69, 9.17) is 14.6 Å². The summed E-state index contributed by atoms with van der Waals surface area (Å²) in [4.78, 5) is 10.9. The summed E-state index contributed by atoms with van der Waals surface area (Å²) >= 11 is 0. The second-order valence-corrected chi connectivity index (χ2v) is 6.30. The zero-order valence-electron chi connectivity index (χ0n) is 12.6. The van der Waals surface area contributed by atoms with Crippen LogP contribution in [0.25, 0.3) is 0 Å². The smallest absolute Gasteiger partial charge is 0.238 e. The highest BCUT2D eigenvalue weighted by molar-refractivity contribution is 7.89. The van der Waals surface area contributed by atoms with Crippen LogP contribution in [0.2, 0.25) is 0 Å². The minimum absolute atomic E-state index is 0.0478. The Balaban J connectivity index is 2.12. The van der Waals surface area contributed by atoms with Gasteiger partial charge in [0.25, 0.3) is 0 Å². The quantitative estimate of drug-likeness (QED) is 0.782. The van der Waals surface area contributed by atoms with E-state index < -0.39 is 10.0 Å². The average molecular weight is 335 g/mol. The van der Waals surface area contributed by atoms with Crippen molar-refractivity contribution in [3.63, 3.8) is 0 Å². The molecule has 122 valence electrons. The minimum Gasteiger partial charge on any atom is -0.490 e. The lowest BCUT2D eigenvalue weighted by Gasteiger charge is -2.12. The summed E-state index contributed by atoms with van der Waals surface area (Å²) in [7, 11) is -3.70. The topological polar surface area (TPSA) is 95.7 Å². The van der Waals surface area contributed by atoms with Gasteiger partial charge in [0.05, 0.1) is 11.5 Å². The monoisotopic (exact) mass is 335 g/mol. The second kappa shape index (κ2) is 7.26. The second-order valence-electron chi connectivity index (χ2n) is 4.73. The van der Waals surface area contributed by atoms with Crippen molar-refractivity contribution in [2.24, 2.45) is 5.14 Å². The van der Waals surface area contributed by atoms with Gasteiger partial charge < -0.3 is 9.47 Å². The Morgan fingerprint density at radius 1 is 1.04 bits per heavy atom. The molecule has 2 rings (SSSR count). The molecule has 0 aromatic heterocycles. The molecule has 0 atom stereocenters. The average Bonchev–Trinajstić information content (AvgIpc) is 2.53. The highest BCUT2D eigenvalue weighted by Crippen LogP contribution is 2.28. The van der Waals surface area contributed by atoms with Crippen LogP contribution in [0, 0.1) is 0 Å². The normalized spacial score (nSPS) is 11.0. The minimum atomic E-state index is -3.70. The first-order chi connectivity index (χ1) is 10.9. The van der Waals surface area contributed by atoms with E-state index in [1.165, 1.54) is 12.1 Å². The molecule has 0 aliphatic carbocycles. The van der Waals surface area contributed by atoms with Gasteiger partial charge in [0, 0.05) is 5.56 Å². The number of hydrogen-bond acceptors (Lipinski definition) is 5. The Bertz CT molecular complexity index is 785. The molecule has 0 bridgehead atoms. The number of ether oxygens (including phenoxy) is 2. The fourth-order valence-corrected chi connectivity index (χ4v) is 2.44. The summed E-state index contributed by atoms with van der Waals surface area (Å²) in [6.45, 7) is 2.51. The van der Waals surface area contributed by atoms with Gasteiger partial charge in [-0.15, -0.1) is 0 Å². The van der Waals surface area contributed by atoms with Gasteiger partial charge in [-0.25, -0.2) is 13.6 Å². The van der Waals surface area contributed by atoms with Crippen molar-refractivity contribution in [1.82, 2.24) is 0 Å². The number of carbonyl (C=O) groups excluding carboxylic acids is 1. The Morgan fingerprint density at radius 2 is 1.74 bits per heavy atom. The molecule has 0 saturated heterocycles. The molecule has 2 aromatic rings. The molecule has 2 aromatic carbocycles. The SMILES string of the molecule is CCOc1cc(C=O)ccc1OCc1ccc(S(N)(=O)=O)cc1. The van der Waals surface area contributed by atoms with Crippen molar-refractivity contribution in [2.45, 2.75) is 18.4 Å². The molecule has 23 heavy (non-hydrogen) atoms. The van der Waals surface area contributed by atoms with Gasteiger partial charge in [0.1, 0.15) is 12.9 Å². The number of primary sulfonamides is 1. The highest BCUT2D eigenvalue weighted by Gasteiger charge is 2.09. The van der Waals surface area contributed by atoms with Crippen LogP contribution in [0.4, 0.5) is 0 Å². The molecule has 0 radical (unpaired) electrons. The van der Waals surface area contributed by atoms with Crippen LogP contribution in [0.5, 0.6) is 11.5 Å². The molecule has 0 unspecified atom stereocenters. The number of sulfonamides is 1. The van der Waals surface area contributed by atoms with Crippen molar-refractivity contribution in [2.75, 3.05) is 6.61 Å². The summed E-state index contributed by atoms with van der Waals surface area (Å²) in [5.41, 5.74) is 1.28. The zero-order chi connectivity index (χ0) is 16.9. The predicted molar refractivity (Wildman–Crippen MR) is 85.1 cm³/mol.